The van der Waals surface area contributed by atoms with Gasteiger partial charge in [-0.05, 0) is 79.4 Å². The molecular formula is C12H5I3N2O4. The summed E-state index contributed by atoms with van der Waals surface area (Å²) in [6.45, 7) is 0. The zero-order chi connectivity index (χ0) is 15.7. The van der Waals surface area contributed by atoms with Crippen molar-refractivity contribution in [3.8, 4) is 11.1 Å². The molecule has 0 heterocycles. The van der Waals surface area contributed by atoms with E-state index in [-0.39, 0.29) is 11.4 Å². The molecule has 9 heteroatoms. The Bertz CT molecular complexity index is 741. The van der Waals surface area contributed by atoms with E-state index in [1.165, 1.54) is 24.3 Å². The first-order valence-corrected chi connectivity index (χ1v) is 8.62. The van der Waals surface area contributed by atoms with Crippen molar-refractivity contribution >= 4 is 79.1 Å². The van der Waals surface area contributed by atoms with Gasteiger partial charge in [-0.2, -0.15) is 0 Å². The third-order valence-electron chi connectivity index (χ3n) is 2.67. The molecule has 0 fully saturated rings. The van der Waals surface area contributed by atoms with Crippen LogP contribution in [0.4, 0.5) is 11.4 Å². The van der Waals surface area contributed by atoms with Crippen LogP contribution in [0, 0.1) is 30.9 Å². The topological polar surface area (TPSA) is 86.3 Å². The van der Waals surface area contributed by atoms with E-state index in [1.807, 2.05) is 67.8 Å². The number of nitrogens with zero attached hydrogens (tertiary/aromatic N) is 2. The summed E-state index contributed by atoms with van der Waals surface area (Å²) in [5.74, 6) is 0. The number of nitro benzene ring substituents is 2. The first-order chi connectivity index (χ1) is 9.81. The smallest absolute Gasteiger partial charge is 0.258 e. The Kier molecular flexibility index (Phi) is 5.34. The van der Waals surface area contributed by atoms with Crippen molar-refractivity contribution in [1.29, 1.82) is 0 Å². The first kappa shape index (κ1) is 16.8. The van der Waals surface area contributed by atoms with Crippen molar-refractivity contribution in [1.82, 2.24) is 0 Å². The molecule has 0 saturated heterocycles. The molecule has 0 saturated carbocycles. The maximum absolute atomic E-state index is 10.9. The third kappa shape index (κ3) is 3.61. The van der Waals surface area contributed by atoms with Crippen molar-refractivity contribution in [2.75, 3.05) is 0 Å². The van der Waals surface area contributed by atoms with Crippen molar-refractivity contribution in [3.05, 3.63) is 61.3 Å². The molecule has 0 aliphatic rings. The standard InChI is InChI=1S/C12H5I3N2O4/c13-9-3-6(16(18)19)1-2-8(9)12-10(14)4-7(17(20)21)5-11(12)15/h1-5H. The molecule has 0 aromatic heterocycles. The highest BCUT2D eigenvalue weighted by Crippen LogP contribution is 2.37. The van der Waals surface area contributed by atoms with E-state index < -0.39 is 9.85 Å². The summed E-state index contributed by atoms with van der Waals surface area (Å²) in [5, 5.41) is 21.6. The zero-order valence-electron chi connectivity index (χ0n) is 10.0. The van der Waals surface area contributed by atoms with Crippen LogP contribution in [0.25, 0.3) is 11.1 Å². The molecule has 6 nitrogen and oxygen atoms in total. The van der Waals surface area contributed by atoms with Gasteiger partial charge >= 0.3 is 0 Å². The van der Waals surface area contributed by atoms with Gasteiger partial charge in [-0.15, -0.1) is 0 Å². The normalized spacial score (nSPS) is 10.4. The summed E-state index contributed by atoms with van der Waals surface area (Å²) in [5.41, 5.74) is 1.73. The summed E-state index contributed by atoms with van der Waals surface area (Å²) in [6, 6.07) is 7.59. The summed E-state index contributed by atoms with van der Waals surface area (Å²) in [4.78, 5) is 20.8. The average molecular weight is 622 g/mol. The summed E-state index contributed by atoms with van der Waals surface area (Å²) in [7, 11) is 0. The lowest BCUT2D eigenvalue weighted by molar-refractivity contribution is -0.385. The molecule has 0 aliphatic carbocycles. The van der Waals surface area contributed by atoms with Crippen LogP contribution in [0.1, 0.15) is 0 Å². The Labute approximate surface area is 160 Å². The highest BCUT2D eigenvalue weighted by Gasteiger charge is 2.18. The molecule has 108 valence electrons. The van der Waals surface area contributed by atoms with E-state index in [0.29, 0.717) is 0 Å². The molecule has 2 rings (SSSR count). The zero-order valence-corrected chi connectivity index (χ0v) is 16.5. The fourth-order valence-electron chi connectivity index (χ4n) is 1.74. The number of hydrogen-bond acceptors (Lipinski definition) is 4. The van der Waals surface area contributed by atoms with Crippen molar-refractivity contribution in [3.63, 3.8) is 0 Å². The van der Waals surface area contributed by atoms with E-state index in [2.05, 4.69) is 0 Å². The Hall–Kier alpha value is -0.570. The van der Waals surface area contributed by atoms with Gasteiger partial charge in [-0.1, -0.05) is 0 Å². The molecule has 0 spiro atoms. The minimum absolute atomic E-state index is 0.0232. The maximum Gasteiger partial charge on any atom is 0.271 e. The SMILES string of the molecule is O=[N+]([O-])c1ccc(-c2c(I)cc([N+](=O)[O-])cc2I)c(I)c1. The maximum atomic E-state index is 10.9. The number of non-ortho nitro benzene ring substituents is 2. The molecule has 0 radical (unpaired) electrons. The largest absolute Gasteiger partial charge is 0.271 e. The predicted octanol–water partition coefficient (Wildman–Crippen LogP) is 4.98. The fraction of sp³-hybridized carbons (Fsp3) is 0. The molecule has 0 N–H and O–H groups in total. The second-order valence-corrected chi connectivity index (χ2v) is 7.45. The summed E-state index contributed by atoms with van der Waals surface area (Å²) in [6.07, 6.45) is 0. The van der Waals surface area contributed by atoms with Gasteiger partial charge in [0.1, 0.15) is 0 Å². The van der Waals surface area contributed by atoms with E-state index in [4.69, 9.17) is 0 Å². The molecule has 0 unspecified atom stereocenters. The molecule has 0 atom stereocenters. The molecular weight excluding hydrogens is 617 g/mol. The van der Waals surface area contributed by atoms with Crippen molar-refractivity contribution < 1.29 is 9.85 Å². The minimum Gasteiger partial charge on any atom is -0.258 e. The van der Waals surface area contributed by atoms with Gasteiger partial charge in [0, 0.05) is 40.5 Å². The highest BCUT2D eigenvalue weighted by atomic mass is 127. The highest BCUT2D eigenvalue weighted by molar-refractivity contribution is 14.1. The van der Waals surface area contributed by atoms with Gasteiger partial charge in [0.25, 0.3) is 11.4 Å². The first-order valence-electron chi connectivity index (χ1n) is 5.39. The van der Waals surface area contributed by atoms with Crippen LogP contribution in [0.15, 0.2) is 30.3 Å². The van der Waals surface area contributed by atoms with Crippen LogP contribution in [-0.4, -0.2) is 9.85 Å². The summed E-state index contributed by atoms with van der Waals surface area (Å²) < 4.78 is 2.20. The second-order valence-electron chi connectivity index (χ2n) is 3.96. The van der Waals surface area contributed by atoms with Crippen LogP contribution in [-0.2, 0) is 0 Å². The van der Waals surface area contributed by atoms with E-state index in [0.717, 1.165) is 21.8 Å². The number of rotatable bonds is 3. The van der Waals surface area contributed by atoms with E-state index in [1.54, 1.807) is 6.07 Å². The predicted molar refractivity (Wildman–Crippen MR) is 103 cm³/mol. The minimum atomic E-state index is -0.447. The third-order valence-corrected chi connectivity index (χ3v) is 5.26. The van der Waals surface area contributed by atoms with Crippen molar-refractivity contribution in [2.45, 2.75) is 0 Å². The van der Waals surface area contributed by atoms with Gasteiger partial charge in [0.2, 0.25) is 0 Å². The van der Waals surface area contributed by atoms with Crippen LogP contribution < -0.4 is 0 Å². The molecule has 0 bridgehead atoms. The lowest BCUT2D eigenvalue weighted by Gasteiger charge is -2.10. The van der Waals surface area contributed by atoms with Gasteiger partial charge in [0.15, 0.2) is 0 Å². The monoisotopic (exact) mass is 622 g/mol. The number of halogens is 3. The Morgan fingerprint density at radius 2 is 1.24 bits per heavy atom. The summed E-state index contributed by atoms with van der Waals surface area (Å²) >= 11 is 6.11. The lowest BCUT2D eigenvalue weighted by atomic mass is 10.1. The fourth-order valence-corrected chi connectivity index (χ4v) is 4.83. The quantitative estimate of drug-likeness (QED) is 0.275. The van der Waals surface area contributed by atoms with Crippen LogP contribution >= 0.6 is 67.8 Å². The molecule has 21 heavy (non-hydrogen) atoms. The average Bonchev–Trinajstić information content (AvgIpc) is 2.39. The Morgan fingerprint density at radius 1 is 0.762 bits per heavy atom. The Morgan fingerprint density at radius 3 is 1.67 bits per heavy atom. The molecule has 2 aromatic rings. The van der Waals surface area contributed by atoms with Gasteiger partial charge in [-0.25, -0.2) is 0 Å². The number of benzene rings is 2. The van der Waals surface area contributed by atoms with Gasteiger partial charge in [-0.3, -0.25) is 20.2 Å². The van der Waals surface area contributed by atoms with Crippen molar-refractivity contribution in [2.24, 2.45) is 0 Å². The number of hydrogen-bond donors (Lipinski definition) is 0. The van der Waals surface area contributed by atoms with Gasteiger partial charge in [0.05, 0.1) is 9.85 Å². The van der Waals surface area contributed by atoms with Crippen LogP contribution in [0.2, 0.25) is 0 Å². The Balaban J connectivity index is 2.62. The van der Waals surface area contributed by atoms with Crippen LogP contribution in [0.5, 0.6) is 0 Å². The molecule has 2 aromatic carbocycles. The second kappa shape index (κ2) is 6.68. The van der Waals surface area contributed by atoms with E-state index >= 15 is 0 Å². The molecule has 0 amide bonds. The molecule has 0 aliphatic heterocycles. The van der Waals surface area contributed by atoms with Gasteiger partial charge < -0.3 is 0 Å². The number of nitro groups is 2. The van der Waals surface area contributed by atoms with Crippen LogP contribution in [0.3, 0.4) is 0 Å². The van der Waals surface area contributed by atoms with E-state index in [9.17, 15) is 20.2 Å². The lowest BCUT2D eigenvalue weighted by Crippen LogP contribution is -1.96.